The van der Waals surface area contributed by atoms with Gasteiger partial charge in [-0.25, -0.2) is 0 Å². The molecule has 80 valence electrons. The van der Waals surface area contributed by atoms with Crippen molar-refractivity contribution < 1.29 is 9.53 Å². The Balaban J connectivity index is 3.93. The highest BCUT2D eigenvalue weighted by Crippen LogP contribution is 1.98. The van der Waals surface area contributed by atoms with Gasteiger partial charge in [0.2, 0.25) is 0 Å². The van der Waals surface area contributed by atoms with Crippen LogP contribution in [0, 0.1) is 11.8 Å². The van der Waals surface area contributed by atoms with Gasteiger partial charge >= 0.3 is 0 Å². The number of ether oxygens (including phenoxy) is 1. The van der Waals surface area contributed by atoms with Gasteiger partial charge in [0.25, 0.3) is 0 Å². The summed E-state index contributed by atoms with van der Waals surface area (Å²) in [5, 5.41) is 0. The standard InChI is InChI=1S/C12H17BO2/c1-3-5-9-15-12(4-2)8-6-7-11(14)10-13/h4H,3,5,7,9-10H2,1-2H3/b12-4+. The molecule has 0 saturated heterocycles. The summed E-state index contributed by atoms with van der Waals surface area (Å²) in [5.74, 6) is 6.13. The molecular formula is C12H17BO2. The lowest BCUT2D eigenvalue weighted by molar-refractivity contribution is -0.116. The lowest BCUT2D eigenvalue weighted by Gasteiger charge is -2.02. The van der Waals surface area contributed by atoms with Crippen LogP contribution in [0.2, 0.25) is 6.32 Å². The Kier molecular flexibility index (Phi) is 8.66. The molecule has 0 unspecified atom stereocenters. The number of rotatable bonds is 6. The predicted octanol–water partition coefficient (Wildman–Crippen LogP) is 2.26. The second-order valence-corrected chi connectivity index (χ2v) is 3.08. The number of Topliss-reactive ketones (excluding diaryl/α,β-unsaturated/α-hetero) is 1. The molecule has 0 heterocycles. The molecule has 0 bridgehead atoms. The summed E-state index contributed by atoms with van der Waals surface area (Å²) in [6.45, 7) is 4.64. The maximum Gasteiger partial charge on any atom is 0.165 e. The van der Waals surface area contributed by atoms with E-state index in [1.165, 1.54) is 0 Å². The van der Waals surface area contributed by atoms with Crippen molar-refractivity contribution in [1.82, 2.24) is 0 Å². The first-order valence-corrected chi connectivity index (χ1v) is 5.24. The monoisotopic (exact) mass is 204 g/mol. The van der Waals surface area contributed by atoms with E-state index in [0.29, 0.717) is 12.4 Å². The molecule has 0 N–H and O–H groups in total. The Bertz CT molecular complexity index is 271. The van der Waals surface area contributed by atoms with Crippen molar-refractivity contribution in [2.75, 3.05) is 6.61 Å². The van der Waals surface area contributed by atoms with Crippen LogP contribution >= 0.6 is 0 Å². The molecule has 0 atom stereocenters. The summed E-state index contributed by atoms with van der Waals surface area (Å²) in [4.78, 5) is 10.9. The highest BCUT2D eigenvalue weighted by atomic mass is 16.5. The summed E-state index contributed by atoms with van der Waals surface area (Å²) in [6.07, 6.45) is 4.16. The summed E-state index contributed by atoms with van der Waals surface area (Å²) in [6, 6.07) is 0. The van der Waals surface area contributed by atoms with Gasteiger partial charge in [-0.2, -0.15) is 0 Å². The second-order valence-electron chi connectivity index (χ2n) is 3.08. The van der Waals surface area contributed by atoms with Crippen LogP contribution in [0.3, 0.4) is 0 Å². The summed E-state index contributed by atoms with van der Waals surface area (Å²) < 4.78 is 5.39. The predicted molar refractivity (Wildman–Crippen MR) is 62.6 cm³/mol. The fraction of sp³-hybridized carbons (Fsp3) is 0.583. The number of carbonyl (C=O) groups is 1. The SMILES string of the molecule is [B]CC(=O)CC#C/C(=C\C)OCCCC. The molecule has 0 rings (SSSR count). The molecule has 0 amide bonds. The minimum Gasteiger partial charge on any atom is -0.486 e. The fourth-order valence-electron chi connectivity index (χ4n) is 0.820. The molecule has 0 aliphatic heterocycles. The highest BCUT2D eigenvalue weighted by molar-refractivity contribution is 6.20. The van der Waals surface area contributed by atoms with Crippen LogP contribution in [0.15, 0.2) is 11.8 Å². The van der Waals surface area contributed by atoms with Crippen LogP contribution in [0.4, 0.5) is 0 Å². The first-order chi connectivity index (χ1) is 7.24. The molecule has 0 aromatic rings. The van der Waals surface area contributed by atoms with E-state index in [0.717, 1.165) is 12.8 Å². The zero-order valence-electron chi connectivity index (χ0n) is 9.51. The molecular weight excluding hydrogens is 187 g/mol. The fourth-order valence-corrected chi connectivity index (χ4v) is 0.820. The molecule has 2 nitrogen and oxygen atoms in total. The van der Waals surface area contributed by atoms with E-state index in [4.69, 9.17) is 12.6 Å². The van der Waals surface area contributed by atoms with E-state index in [2.05, 4.69) is 18.8 Å². The zero-order valence-corrected chi connectivity index (χ0v) is 9.51. The van der Waals surface area contributed by atoms with E-state index in [-0.39, 0.29) is 18.5 Å². The maximum absolute atomic E-state index is 10.9. The third-order valence-corrected chi connectivity index (χ3v) is 1.74. The Hall–Kier alpha value is -1.17. The topological polar surface area (TPSA) is 26.3 Å². The van der Waals surface area contributed by atoms with Crippen molar-refractivity contribution in [3.05, 3.63) is 11.8 Å². The van der Waals surface area contributed by atoms with Crippen LogP contribution in [-0.2, 0) is 9.53 Å². The molecule has 3 heteroatoms. The maximum atomic E-state index is 10.9. The number of ketones is 1. The minimum absolute atomic E-state index is 0.0495. The molecule has 0 aliphatic rings. The lowest BCUT2D eigenvalue weighted by atomic mass is 9.99. The zero-order chi connectivity index (χ0) is 11.5. The van der Waals surface area contributed by atoms with Gasteiger partial charge in [0, 0.05) is 0 Å². The van der Waals surface area contributed by atoms with Crippen molar-refractivity contribution in [3.8, 4) is 11.8 Å². The van der Waals surface area contributed by atoms with Gasteiger partial charge < -0.3 is 4.74 Å². The Labute approximate surface area is 93.5 Å². The first kappa shape index (κ1) is 13.8. The van der Waals surface area contributed by atoms with Crippen molar-refractivity contribution in [1.29, 1.82) is 0 Å². The van der Waals surface area contributed by atoms with Crippen molar-refractivity contribution >= 4 is 13.6 Å². The number of carbonyl (C=O) groups excluding carboxylic acids is 1. The van der Waals surface area contributed by atoms with Crippen molar-refractivity contribution in [3.63, 3.8) is 0 Å². The molecule has 0 fully saturated rings. The molecule has 0 spiro atoms. The van der Waals surface area contributed by atoms with Gasteiger partial charge in [-0.3, -0.25) is 4.79 Å². The van der Waals surface area contributed by atoms with Crippen LogP contribution in [0.1, 0.15) is 33.1 Å². The highest BCUT2D eigenvalue weighted by Gasteiger charge is 1.93. The number of hydrogen-bond acceptors (Lipinski definition) is 2. The van der Waals surface area contributed by atoms with Crippen molar-refractivity contribution in [2.24, 2.45) is 0 Å². The van der Waals surface area contributed by atoms with Crippen LogP contribution in [0.5, 0.6) is 0 Å². The van der Waals surface area contributed by atoms with Gasteiger partial charge in [0.05, 0.1) is 20.9 Å². The van der Waals surface area contributed by atoms with Gasteiger partial charge in [-0.05, 0) is 31.7 Å². The van der Waals surface area contributed by atoms with Crippen molar-refractivity contribution in [2.45, 2.75) is 39.4 Å². The lowest BCUT2D eigenvalue weighted by Crippen LogP contribution is -1.95. The molecule has 0 aliphatic carbocycles. The van der Waals surface area contributed by atoms with Gasteiger partial charge in [0.15, 0.2) is 5.76 Å². The van der Waals surface area contributed by atoms with Gasteiger partial charge in [0.1, 0.15) is 5.78 Å². The number of unbranched alkanes of at least 4 members (excludes halogenated alkanes) is 1. The van der Waals surface area contributed by atoms with E-state index < -0.39 is 0 Å². The largest absolute Gasteiger partial charge is 0.486 e. The Morgan fingerprint density at radius 3 is 2.80 bits per heavy atom. The number of allylic oxidation sites excluding steroid dienone is 2. The van der Waals surface area contributed by atoms with Gasteiger partial charge in [-0.15, -0.1) is 0 Å². The summed E-state index contributed by atoms with van der Waals surface area (Å²) in [7, 11) is 5.16. The smallest absolute Gasteiger partial charge is 0.165 e. The minimum atomic E-state index is -0.0495. The average Bonchev–Trinajstić information content (AvgIpc) is 2.26. The van der Waals surface area contributed by atoms with E-state index in [9.17, 15) is 4.79 Å². The summed E-state index contributed by atoms with van der Waals surface area (Å²) >= 11 is 0. The number of hydrogen-bond donors (Lipinski definition) is 0. The molecule has 0 saturated carbocycles. The Morgan fingerprint density at radius 1 is 1.53 bits per heavy atom. The quantitative estimate of drug-likeness (QED) is 0.287. The average molecular weight is 204 g/mol. The normalized spacial score (nSPS) is 10.4. The third kappa shape index (κ3) is 7.87. The van der Waals surface area contributed by atoms with E-state index in [1.54, 1.807) is 6.08 Å². The Morgan fingerprint density at radius 2 is 2.27 bits per heavy atom. The molecule has 2 radical (unpaired) electrons. The second kappa shape index (κ2) is 9.39. The summed E-state index contributed by atoms with van der Waals surface area (Å²) in [5.41, 5.74) is 0. The van der Waals surface area contributed by atoms with Crippen LogP contribution < -0.4 is 0 Å². The third-order valence-electron chi connectivity index (χ3n) is 1.74. The van der Waals surface area contributed by atoms with E-state index >= 15 is 0 Å². The van der Waals surface area contributed by atoms with E-state index in [1.807, 2.05) is 6.92 Å². The van der Waals surface area contributed by atoms with Gasteiger partial charge in [-0.1, -0.05) is 19.3 Å². The molecule has 0 aromatic heterocycles. The van der Waals surface area contributed by atoms with Crippen LogP contribution in [-0.4, -0.2) is 20.2 Å². The van der Waals surface area contributed by atoms with Crippen LogP contribution in [0.25, 0.3) is 0 Å². The molecule has 15 heavy (non-hydrogen) atoms. The first-order valence-electron chi connectivity index (χ1n) is 5.24. The molecule has 0 aromatic carbocycles.